The molecule has 0 saturated carbocycles. The fraction of sp³-hybridized carbons (Fsp3) is 0.176. The van der Waals surface area contributed by atoms with Gasteiger partial charge in [-0.1, -0.05) is 36.9 Å². The van der Waals surface area contributed by atoms with Crippen molar-refractivity contribution in [2.75, 3.05) is 0 Å². The van der Waals surface area contributed by atoms with Gasteiger partial charge >= 0.3 is 0 Å². The Kier molecular flexibility index (Phi) is 2.30. The van der Waals surface area contributed by atoms with E-state index >= 15 is 0 Å². The van der Waals surface area contributed by atoms with Gasteiger partial charge in [-0.15, -0.1) is 0 Å². The van der Waals surface area contributed by atoms with Gasteiger partial charge in [0.2, 0.25) is 0 Å². The van der Waals surface area contributed by atoms with E-state index in [-0.39, 0.29) is 0 Å². The normalized spacial score (nSPS) is 11.3. The monoisotopic (exact) mass is 235 g/mol. The SMILES string of the molecule is C=C(C)n1c2ccccc2c2ccc(C)c(C)c21. The summed E-state index contributed by atoms with van der Waals surface area (Å²) >= 11 is 0. The minimum atomic E-state index is 1.06. The minimum Gasteiger partial charge on any atom is -0.314 e. The molecule has 0 saturated heterocycles. The molecule has 2 aromatic carbocycles. The van der Waals surface area contributed by atoms with Crippen LogP contribution in [0.1, 0.15) is 18.1 Å². The number of fused-ring (bicyclic) bond motifs is 3. The summed E-state index contributed by atoms with van der Waals surface area (Å²) < 4.78 is 2.27. The summed E-state index contributed by atoms with van der Waals surface area (Å²) in [6.07, 6.45) is 0. The van der Waals surface area contributed by atoms with Gasteiger partial charge < -0.3 is 4.57 Å². The summed E-state index contributed by atoms with van der Waals surface area (Å²) in [7, 11) is 0. The van der Waals surface area contributed by atoms with E-state index in [4.69, 9.17) is 0 Å². The standard InChI is InChI=1S/C17H17N/c1-11(2)18-16-8-6-5-7-14(16)15-10-9-12(3)13(4)17(15)18/h5-10H,1H2,2-4H3. The van der Waals surface area contributed by atoms with Crippen molar-refractivity contribution < 1.29 is 0 Å². The van der Waals surface area contributed by atoms with Crippen molar-refractivity contribution >= 4 is 27.5 Å². The first-order valence-electron chi connectivity index (χ1n) is 6.26. The summed E-state index contributed by atoms with van der Waals surface area (Å²) in [4.78, 5) is 0. The molecule has 0 spiro atoms. The Morgan fingerprint density at radius 1 is 1.00 bits per heavy atom. The molecular formula is C17H17N. The topological polar surface area (TPSA) is 4.93 Å². The van der Waals surface area contributed by atoms with Crippen molar-refractivity contribution in [2.45, 2.75) is 20.8 Å². The Bertz CT molecular complexity index is 775. The van der Waals surface area contributed by atoms with Crippen LogP contribution in [0.15, 0.2) is 43.0 Å². The number of nitrogens with zero attached hydrogens (tertiary/aromatic N) is 1. The molecule has 0 unspecified atom stereocenters. The highest BCUT2D eigenvalue weighted by Gasteiger charge is 2.13. The Morgan fingerprint density at radius 3 is 2.44 bits per heavy atom. The molecule has 0 radical (unpaired) electrons. The van der Waals surface area contributed by atoms with Crippen molar-refractivity contribution in [1.29, 1.82) is 0 Å². The quantitative estimate of drug-likeness (QED) is 0.565. The smallest absolute Gasteiger partial charge is 0.0569 e. The number of rotatable bonds is 1. The molecule has 0 aliphatic rings. The van der Waals surface area contributed by atoms with Gasteiger partial charge in [-0.05, 0) is 38.0 Å². The molecule has 0 aliphatic carbocycles. The molecule has 3 rings (SSSR count). The summed E-state index contributed by atoms with van der Waals surface area (Å²) in [5.74, 6) is 0. The van der Waals surface area contributed by atoms with Crippen LogP contribution in [0.3, 0.4) is 0 Å². The number of para-hydroxylation sites is 1. The van der Waals surface area contributed by atoms with E-state index in [0.717, 1.165) is 5.70 Å². The van der Waals surface area contributed by atoms with Gasteiger partial charge in [0.15, 0.2) is 0 Å². The van der Waals surface area contributed by atoms with Crippen LogP contribution in [0.4, 0.5) is 0 Å². The third-order valence-corrected chi connectivity index (χ3v) is 3.74. The molecule has 0 N–H and O–H groups in total. The average Bonchev–Trinajstić information content (AvgIpc) is 2.69. The van der Waals surface area contributed by atoms with Gasteiger partial charge in [-0.3, -0.25) is 0 Å². The van der Waals surface area contributed by atoms with Crippen LogP contribution in [-0.4, -0.2) is 4.57 Å². The fourth-order valence-corrected chi connectivity index (χ4v) is 2.72. The van der Waals surface area contributed by atoms with E-state index < -0.39 is 0 Å². The van der Waals surface area contributed by atoms with Gasteiger partial charge in [-0.2, -0.15) is 0 Å². The highest BCUT2D eigenvalue weighted by atomic mass is 15.0. The van der Waals surface area contributed by atoms with E-state index in [9.17, 15) is 0 Å². The van der Waals surface area contributed by atoms with Crippen LogP contribution in [0.5, 0.6) is 0 Å². The summed E-state index contributed by atoms with van der Waals surface area (Å²) in [5.41, 5.74) is 6.27. The van der Waals surface area contributed by atoms with Crippen LogP contribution in [0.25, 0.3) is 27.5 Å². The van der Waals surface area contributed by atoms with Crippen LogP contribution >= 0.6 is 0 Å². The zero-order valence-corrected chi connectivity index (χ0v) is 11.1. The molecule has 1 nitrogen and oxygen atoms in total. The maximum atomic E-state index is 4.13. The number of benzene rings is 2. The summed E-state index contributed by atoms with van der Waals surface area (Å²) in [5, 5.41) is 2.62. The number of hydrogen-bond acceptors (Lipinski definition) is 0. The second-order valence-corrected chi connectivity index (χ2v) is 4.99. The molecule has 0 fully saturated rings. The Balaban J connectivity index is 2.67. The lowest BCUT2D eigenvalue weighted by molar-refractivity contribution is 1.19. The first-order chi connectivity index (χ1) is 8.61. The zero-order chi connectivity index (χ0) is 12.9. The molecule has 0 aliphatic heterocycles. The number of aryl methyl sites for hydroxylation is 2. The Hall–Kier alpha value is -2.02. The van der Waals surface area contributed by atoms with Crippen molar-refractivity contribution in [3.8, 4) is 0 Å². The third-order valence-electron chi connectivity index (χ3n) is 3.74. The Morgan fingerprint density at radius 2 is 1.72 bits per heavy atom. The molecule has 18 heavy (non-hydrogen) atoms. The van der Waals surface area contributed by atoms with E-state index in [1.165, 1.54) is 32.9 Å². The second kappa shape index (κ2) is 3.74. The predicted octanol–water partition coefficient (Wildman–Crippen LogP) is 4.90. The third kappa shape index (κ3) is 1.34. The number of aromatic nitrogens is 1. The van der Waals surface area contributed by atoms with E-state index in [1.807, 2.05) is 0 Å². The molecular weight excluding hydrogens is 218 g/mol. The van der Waals surface area contributed by atoms with Gasteiger partial charge in [0.1, 0.15) is 0 Å². The average molecular weight is 235 g/mol. The maximum Gasteiger partial charge on any atom is 0.0569 e. The maximum absolute atomic E-state index is 4.13. The highest BCUT2D eigenvalue weighted by molar-refractivity contribution is 6.11. The van der Waals surface area contributed by atoms with Crippen molar-refractivity contribution in [3.63, 3.8) is 0 Å². The first-order valence-corrected chi connectivity index (χ1v) is 6.26. The Labute approximate surface area is 107 Å². The van der Waals surface area contributed by atoms with Crippen molar-refractivity contribution in [1.82, 2.24) is 4.57 Å². The summed E-state index contributed by atoms with van der Waals surface area (Å²) in [6.45, 7) is 10.5. The first kappa shape index (κ1) is 11.1. The minimum absolute atomic E-state index is 1.06. The molecule has 1 heteroatoms. The molecule has 3 aromatic rings. The predicted molar refractivity (Wildman–Crippen MR) is 79.9 cm³/mol. The molecule has 0 bridgehead atoms. The molecule has 1 aromatic heterocycles. The van der Waals surface area contributed by atoms with E-state index in [2.05, 4.69) is 68.3 Å². The molecule has 1 heterocycles. The fourth-order valence-electron chi connectivity index (χ4n) is 2.72. The highest BCUT2D eigenvalue weighted by Crippen LogP contribution is 2.33. The van der Waals surface area contributed by atoms with Crippen LogP contribution in [0.2, 0.25) is 0 Å². The zero-order valence-electron chi connectivity index (χ0n) is 11.1. The van der Waals surface area contributed by atoms with Crippen LogP contribution < -0.4 is 0 Å². The van der Waals surface area contributed by atoms with Crippen LogP contribution in [-0.2, 0) is 0 Å². The second-order valence-electron chi connectivity index (χ2n) is 4.99. The van der Waals surface area contributed by atoms with Gasteiger partial charge in [0.05, 0.1) is 11.0 Å². The lowest BCUT2D eigenvalue weighted by atomic mass is 10.1. The van der Waals surface area contributed by atoms with Crippen LogP contribution in [0, 0.1) is 13.8 Å². The van der Waals surface area contributed by atoms with Crippen molar-refractivity contribution in [2.24, 2.45) is 0 Å². The number of hydrogen-bond donors (Lipinski definition) is 0. The van der Waals surface area contributed by atoms with E-state index in [0.29, 0.717) is 0 Å². The van der Waals surface area contributed by atoms with Gasteiger partial charge in [0, 0.05) is 16.5 Å². The van der Waals surface area contributed by atoms with Crippen molar-refractivity contribution in [3.05, 3.63) is 54.1 Å². The summed E-state index contributed by atoms with van der Waals surface area (Å²) in [6, 6.07) is 13.0. The number of allylic oxidation sites excluding steroid dienone is 1. The molecule has 0 atom stereocenters. The lowest BCUT2D eigenvalue weighted by Crippen LogP contribution is -1.94. The largest absolute Gasteiger partial charge is 0.314 e. The lowest BCUT2D eigenvalue weighted by Gasteiger charge is -2.09. The molecule has 0 amide bonds. The molecule has 90 valence electrons. The van der Waals surface area contributed by atoms with Gasteiger partial charge in [-0.25, -0.2) is 0 Å². The van der Waals surface area contributed by atoms with E-state index in [1.54, 1.807) is 0 Å². The van der Waals surface area contributed by atoms with Gasteiger partial charge in [0.25, 0.3) is 0 Å².